The minimum absolute atomic E-state index is 0.0209. The monoisotopic (exact) mass is 553 g/mol. The molecule has 0 aliphatic carbocycles. The summed E-state index contributed by atoms with van der Waals surface area (Å²) in [6.45, 7) is 5.46. The van der Waals surface area contributed by atoms with Crippen LogP contribution in [0.2, 0.25) is 0 Å². The highest BCUT2D eigenvalue weighted by Gasteiger charge is 2.47. The number of benzene rings is 1. The first kappa shape index (κ1) is 28.1. The average Bonchev–Trinajstić information content (AvgIpc) is 3.35. The topological polar surface area (TPSA) is 119 Å². The van der Waals surface area contributed by atoms with Crippen LogP contribution in [0.3, 0.4) is 0 Å². The summed E-state index contributed by atoms with van der Waals surface area (Å²) in [6, 6.07) is 2.93. The lowest BCUT2D eigenvalue weighted by Crippen LogP contribution is -2.56. The van der Waals surface area contributed by atoms with E-state index in [2.05, 4.69) is 5.32 Å². The summed E-state index contributed by atoms with van der Waals surface area (Å²) in [6.07, 6.45) is 2.19. The third-order valence-electron chi connectivity index (χ3n) is 6.55. The molecule has 2 amide bonds. The van der Waals surface area contributed by atoms with Crippen LogP contribution >= 0.6 is 8.38 Å². The molecule has 3 heterocycles. The van der Waals surface area contributed by atoms with E-state index in [4.69, 9.17) is 13.8 Å². The Morgan fingerprint density at radius 2 is 1.97 bits per heavy atom. The average molecular weight is 553 g/mol. The number of halogens is 2. The molecule has 2 N–H and O–H groups in total. The van der Waals surface area contributed by atoms with Gasteiger partial charge in [-0.1, -0.05) is 6.07 Å². The number of ether oxygens (including phenoxy) is 1. The molecule has 10 nitrogen and oxygen atoms in total. The summed E-state index contributed by atoms with van der Waals surface area (Å²) in [7, 11) is -1.21. The number of rotatable bonds is 10. The van der Waals surface area contributed by atoms with E-state index in [0.717, 1.165) is 6.07 Å². The molecule has 2 aliphatic heterocycles. The molecule has 1 fully saturated rings. The van der Waals surface area contributed by atoms with Gasteiger partial charge in [0.05, 0.1) is 25.4 Å². The molecular formula is C25H30F2N3O7P. The lowest BCUT2D eigenvalue weighted by molar-refractivity contribution is 0.0510. The van der Waals surface area contributed by atoms with Gasteiger partial charge in [0.15, 0.2) is 19.8 Å². The molecule has 38 heavy (non-hydrogen) atoms. The van der Waals surface area contributed by atoms with E-state index < -0.39 is 54.1 Å². The van der Waals surface area contributed by atoms with Crippen LogP contribution in [0.25, 0.3) is 0 Å². The van der Waals surface area contributed by atoms with Crippen LogP contribution in [0, 0.1) is 11.6 Å². The normalized spacial score (nSPS) is 18.9. The third-order valence-corrected chi connectivity index (χ3v) is 8.21. The van der Waals surface area contributed by atoms with E-state index in [1.54, 1.807) is 4.90 Å². The highest BCUT2D eigenvalue weighted by molar-refractivity contribution is 7.47. The minimum atomic E-state index is -1.21. The SMILES string of the molecule is CCOP(CCN1CC2(CCOC2)n2cc(C(=O)NCc3ccc(F)cc3F)c(=O)c(O)c2C1=O)OCC. The largest absolute Gasteiger partial charge is 0.503 e. The van der Waals surface area contributed by atoms with E-state index in [1.165, 1.54) is 16.8 Å². The lowest BCUT2D eigenvalue weighted by Gasteiger charge is -2.43. The number of hydrogen-bond donors (Lipinski definition) is 2. The van der Waals surface area contributed by atoms with Crippen LogP contribution < -0.4 is 10.7 Å². The predicted octanol–water partition coefficient (Wildman–Crippen LogP) is 2.72. The molecule has 13 heteroatoms. The molecule has 1 aromatic carbocycles. The van der Waals surface area contributed by atoms with Gasteiger partial charge in [0.25, 0.3) is 11.8 Å². The molecule has 1 saturated heterocycles. The van der Waals surface area contributed by atoms with Crippen molar-refractivity contribution < 1.29 is 37.3 Å². The predicted molar refractivity (Wildman–Crippen MR) is 134 cm³/mol. The van der Waals surface area contributed by atoms with E-state index in [0.29, 0.717) is 38.5 Å². The van der Waals surface area contributed by atoms with E-state index >= 15 is 0 Å². The lowest BCUT2D eigenvalue weighted by atomic mass is 9.92. The van der Waals surface area contributed by atoms with E-state index in [9.17, 15) is 28.3 Å². The summed E-state index contributed by atoms with van der Waals surface area (Å²) in [4.78, 5) is 40.9. The minimum Gasteiger partial charge on any atom is -0.503 e. The smallest absolute Gasteiger partial charge is 0.274 e. The number of carbonyl (C=O) groups is 2. The number of nitrogens with zero attached hydrogens (tertiary/aromatic N) is 2. The molecule has 0 bridgehead atoms. The third kappa shape index (κ3) is 5.58. The quantitative estimate of drug-likeness (QED) is 0.435. The Kier molecular flexibility index (Phi) is 8.77. The van der Waals surface area contributed by atoms with Crippen molar-refractivity contribution in [1.29, 1.82) is 0 Å². The van der Waals surface area contributed by atoms with Gasteiger partial charge in [0, 0.05) is 50.2 Å². The summed E-state index contributed by atoms with van der Waals surface area (Å²) in [5.41, 5.74) is -2.43. The van der Waals surface area contributed by atoms with Crippen LogP contribution in [0.1, 0.15) is 46.7 Å². The molecule has 0 saturated carbocycles. The summed E-state index contributed by atoms with van der Waals surface area (Å²) in [5, 5.41) is 13.3. The van der Waals surface area contributed by atoms with Crippen LogP contribution in [-0.4, -0.2) is 72.1 Å². The fourth-order valence-electron chi connectivity index (χ4n) is 4.68. The molecular weight excluding hydrogens is 523 g/mol. The number of carbonyl (C=O) groups excluding carboxylic acids is 2. The zero-order valence-electron chi connectivity index (χ0n) is 21.2. The zero-order chi connectivity index (χ0) is 27.4. The Labute approximate surface area is 219 Å². The molecule has 4 rings (SSSR count). The highest BCUT2D eigenvalue weighted by Crippen LogP contribution is 2.40. The van der Waals surface area contributed by atoms with Crippen LogP contribution in [-0.2, 0) is 25.9 Å². The van der Waals surface area contributed by atoms with Gasteiger partial charge in [0.1, 0.15) is 17.2 Å². The van der Waals surface area contributed by atoms with Crippen molar-refractivity contribution in [3.63, 3.8) is 0 Å². The van der Waals surface area contributed by atoms with Crippen LogP contribution in [0.15, 0.2) is 29.2 Å². The maximum absolute atomic E-state index is 14.0. The van der Waals surface area contributed by atoms with Crippen molar-refractivity contribution in [3.8, 4) is 5.75 Å². The van der Waals surface area contributed by atoms with Crippen molar-refractivity contribution >= 4 is 20.2 Å². The van der Waals surface area contributed by atoms with E-state index in [1.807, 2.05) is 13.8 Å². The number of amides is 2. The van der Waals surface area contributed by atoms with Gasteiger partial charge in [-0.15, -0.1) is 0 Å². The number of hydrogen-bond acceptors (Lipinski definition) is 7. The standard InChI is InChI=1S/C25H30F2N3O7P/c1-3-36-38(37-4-2)10-8-29-14-25(7-9-35-15-25)30-13-18(21(31)22(32)20(30)24(29)34)23(33)28-12-16-5-6-17(26)11-19(16)27/h5-6,11,13,32H,3-4,7-10,12,14-15H2,1-2H3,(H,28,33). The molecule has 1 unspecified atom stereocenters. The van der Waals surface area contributed by atoms with Gasteiger partial charge in [0.2, 0.25) is 5.43 Å². The maximum atomic E-state index is 14.0. The van der Waals surface area contributed by atoms with Gasteiger partial charge in [-0.2, -0.15) is 0 Å². The molecule has 206 valence electrons. The number of fused-ring (bicyclic) bond motifs is 2. The second kappa shape index (κ2) is 11.9. The van der Waals surface area contributed by atoms with Crippen molar-refractivity contribution in [2.75, 3.05) is 45.7 Å². The Hall–Kier alpha value is -2.92. The number of aromatic nitrogens is 1. The molecule has 1 spiro atoms. The highest BCUT2D eigenvalue weighted by atomic mass is 31.2. The fourth-order valence-corrected chi connectivity index (χ4v) is 5.99. The number of nitrogens with one attached hydrogen (secondary N) is 1. The Balaban J connectivity index is 1.63. The number of pyridine rings is 1. The summed E-state index contributed by atoms with van der Waals surface area (Å²) in [5.74, 6) is -3.87. The van der Waals surface area contributed by atoms with Gasteiger partial charge in [-0.3, -0.25) is 14.4 Å². The first-order valence-corrected chi connectivity index (χ1v) is 13.7. The second-order valence-corrected chi connectivity index (χ2v) is 10.6. The van der Waals surface area contributed by atoms with Crippen molar-refractivity contribution in [2.24, 2.45) is 0 Å². The molecule has 2 aromatic rings. The summed E-state index contributed by atoms with van der Waals surface area (Å²) < 4.78 is 45.5. The fraction of sp³-hybridized carbons (Fsp3) is 0.480. The first-order valence-electron chi connectivity index (χ1n) is 12.3. The van der Waals surface area contributed by atoms with Gasteiger partial charge >= 0.3 is 0 Å². The molecule has 1 atom stereocenters. The van der Waals surface area contributed by atoms with Crippen molar-refractivity contribution in [1.82, 2.24) is 14.8 Å². The Morgan fingerprint density at radius 3 is 2.61 bits per heavy atom. The zero-order valence-corrected chi connectivity index (χ0v) is 22.1. The van der Waals surface area contributed by atoms with Crippen molar-refractivity contribution in [3.05, 3.63) is 63.1 Å². The van der Waals surface area contributed by atoms with E-state index in [-0.39, 0.29) is 37.5 Å². The Bertz CT molecular complexity index is 1260. The molecule has 1 aromatic heterocycles. The number of aromatic hydroxyl groups is 1. The van der Waals surface area contributed by atoms with Gasteiger partial charge < -0.3 is 33.7 Å². The molecule has 2 aliphatic rings. The van der Waals surface area contributed by atoms with Crippen molar-refractivity contribution in [2.45, 2.75) is 32.4 Å². The van der Waals surface area contributed by atoms with Crippen LogP contribution in [0.5, 0.6) is 5.75 Å². The Morgan fingerprint density at radius 1 is 1.24 bits per heavy atom. The van der Waals surface area contributed by atoms with Gasteiger partial charge in [-0.05, 0) is 26.3 Å². The molecule has 0 radical (unpaired) electrons. The van der Waals surface area contributed by atoms with Gasteiger partial charge in [-0.25, -0.2) is 8.78 Å². The first-order chi connectivity index (χ1) is 18.2. The second-order valence-electron chi connectivity index (χ2n) is 9.00. The summed E-state index contributed by atoms with van der Waals surface area (Å²) >= 11 is 0. The van der Waals surface area contributed by atoms with Crippen LogP contribution in [0.4, 0.5) is 8.78 Å². The maximum Gasteiger partial charge on any atom is 0.274 e.